The first-order valence-corrected chi connectivity index (χ1v) is 35.4. The number of hydrazine groups is 1. The van der Waals surface area contributed by atoms with Gasteiger partial charge in [0.2, 0.25) is 17.7 Å². The number of amides is 3. The van der Waals surface area contributed by atoms with Gasteiger partial charge in [-0.15, -0.1) is 0 Å². The summed E-state index contributed by atoms with van der Waals surface area (Å²) in [7, 11) is 0. The van der Waals surface area contributed by atoms with Crippen LogP contribution in [0.2, 0.25) is 0 Å². The Labute approximate surface area is 605 Å². The molecule has 6 aliphatic rings. The van der Waals surface area contributed by atoms with Crippen LogP contribution in [0, 0.1) is 0 Å². The number of aliphatic hydroxyl groups is 20. The monoisotopic (exact) mass is 1530 g/mol. The van der Waals surface area contributed by atoms with E-state index in [0.29, 0.717) is 57.9 Å². The smallest absolute Gasteiger partial charge is 0.234 e. The summed E-state index contributed by atoms with van der Waals surface area (Å²) in [6.07, 6.45) is -44.3. The zero-order valence-electron chi connectivity index (χ0n) is 58.9. The minimum Gasteiger partial charge on any atom is -0.394 e. The SMILES string of the molecule is CC.CCNC(=O)CCCCC(=O)CCCO[C@@H]1O[C@H](CO[C@H]2O[C@H](CO)[C@@H](O)[C@H](O)[C@@H]2O)[C@@H](O)[C@H](O[C@H]2O[C@H](CO)[C@@H](O)[C@H](O)[C@@H]2O)[C@@H]1O.NCCCC[C@@H](C=O)NNC(=O)CCCCC(=O)NCCO[C@@H]1O[C@H](CO[C@H]2O[C@H](CO)[C@@H](O)[C@H](O)[C@@H]2O)[C@@H](O)[C@H](O[C@H]2O[C@H](CO)[C@@H](O)[C@H](O)[C@@H]2O)[C@@H]1O. The van der Waals surface area contributed by atoms with Crippen LogP contribution in [0.1, 0.15) is 104 Å². The molecule has 6 rings (SSSR count). The highest BCUT2D eigenvalue weighted by Gasteiger charge is 2.55. The Morgan fingerprint density at radius 2 is 0.752 bits per heavy atom. The fraction of sp³-hybridized carbons (Fsp3) is 0.921. The van der Waals surface area contributed by atoms with E-state index >= 15 is 0 Å². The van der Waals surface area contributed by atoms with Gasteiger partial charge >= 0.3 is 0 Å². The molecule has 0 aromatic heterocycles. The maximum Gasteiger partial charge on any atom is 0.234 e. The lowest BCUT2D eigenvalue weighted by Crippen LogP contribution is -2.65. The molecule has 26 N–H and O–H groups in total. The fourth-order valence-corrected chi connectivity index (χ4v) is 11.6. The van der Waals surface area contributed by atoms with Crippen LogP contribution in [-0.4, -0.2) is 395 Å². The molecule has 42 heteroatoms. The topological polar surface area (TPSA) is 675 Å². The van der Waals surface area contributed by atoms with Gasteiger partial charge in [-0.3, -0.25) is 24.6 Å². The molecule has 0 aliphatic carbocycles. The van der Waals surface area contributed by atoms with Gasteiger partial charge in [-0.1, -0.05) is 20.3 Å². The van der Waals surface area contributed by atoms with Crippen LogP contribution >= 0.6 is 0 Å². The van der Waals surface area contributed by atoms with Crippen molar-refractivity contribution in [3.8, 4) is 0 Å². The zero-order chi connectivity index (χ0) is 78.2. The van der Waals surface area contributed by atoms with Gasteiger partial charge in [0.15, 0.2) is 37.7 Å². The van der Waals surface area contributed by atoms with E-state index in [1.807, 2.05) is 20.8 Å². The summed E-state index contributed by atoms with van der Waals surface area (Å²) in [6, 6.07) is -0.537. The fourth-order valence-electron chi connectivity index (χ4n) is 11.6. The number of aldehydes is 1. The van der Waals surface area contributed by atoms with E-state index in [-0.39, 0.29) is 75.4 Å². The molecule has 0 bridgehead atoms. The number of carbonyl (C=O) groups is 5. The average Bonchev–Trinajstić information content (AvgIpc) is 0.786. The lowest BCUT2D eigenvalue weighted by atomic mass is 9.96. The van der Waals surface area contributed by atoms with E-state index in [9.17, 15) is 126 Å². The van der Waals surface area contributed by atoms with Crippen molar-refractivity contribution in [2.45, 2.75) is 295 Å². The quantitative estimate of drug-likeness (QED) is 0.0154. The molecular formula is C63H115N5O37. The first kappa shape index (κ1) is 93.8. The second kappa shape index (κ2) is 48.9. The molecule has 42 nitrogen and oxygen atoms in total. The third-order valence-electron chi connectivity index (χ3n) is 17.8. The number of rotatable bonds is 41. The number of ketones is 1. The Kier molecular flexibility index (Phi) is 43.7. The molecular weight excluding hydrogens is 1420 g/mol. The van der Waals surface area contributed by atoms with Crippen molar-refractivity contribution in [2.24, 2.45) is 5.73 Å². The first-order valence-electron chi connectivity index (χ1n) is 35.4. The third-order valence-corrected chi connectivity index (χ3v) is 17.8. The molecule has 0 saturated carbocycles. The molecule has 105 heavy (non-hydrogen) atoms. The number of hydrogen-bond donors (Lipinski definition) is 25. The molecule has 6 saturated heterocycles. The second-order valence-corrected chi connectivity index (χ2v) is 25.5. The van der Waals surface area contributed by atoms with Crippen molar-refractivity contribution in [1.82, 2.24) is 21.5 Å². The number of nitrogens with two attached hydrogens (primary N) is 1. The Bertz CT molecular complexity index is 2440. The summed E-state index contributed by atoms with van der Waals surface area (Å²) < 4.78 is 66.4. The second-order valence-electron chi connectivity index (χ2n) is 25.5. The Morgan fingerprint density at radius 1 is 0.400 bits per heavy atom. The number of hydrogen-bond acceptors (Lipinski definition) is 39. The number of aliphatic hydroxyl groups excluding tert-OH is 20. The van der Waals surface area contributed by atoms with E-state index in [1.165, 1.54) is 0 Å². The van der Waals surface area contributed by atoms with Gasteiger partial charge in [-0.2, -0.15) is 0 Å². The van der Waals surface area contributed by atoms with Crippen molar-refractivity contribution in [3.05, 3.63) is 0 Å². The summed E-state index contributed by atoms with van der Waals surface area (Å²) in [6.45, 7) is 2.16. The number of nitrogens with one attached hydrogen (secondary N) is 4. The van der Waals surface area contributed by atoms with E-state index in [2.05, 4.69) is 21.5 Å². The van der Waals surface area contributed by atoms with Crippen molar-refractivity contribution in [2.75, 3.05) is 72.5 Å². The Balaban J connectivity index is 0.000000438. The van der Waals surface area contributed by atoms with Crippen molar-refractivity contribution < 1.29 is 183 Å². The number of carbonyl (C=O) groups excluding carboxylic acids is 5. The summed E-state index contributed by atoms with van der Waals surface area (Å²) >= 11 is 0. The van der Waals surface area contributed by atoms with Gasteiger partial charge in [-0.25, -0.2) is 5.43 Å². The van der Waals surface area contributed by atoms with E-state index in [0.717, 1.165) is 12.8 Å². The zero-order valence-corrected chi connectivity index (χ0v) is 58.9. The maximum atomic E-state index is 12.4. The van der Waals surface area contributed by atoms with Gasteiger partial charge in [0.05, 0.1) is 58.9 Å². The van der Waals surface area contributed by atoms with E-state index in [1.54, 1.807) is 0 Å². The summed E-state index contributed by atoms with van der Waals surface area (Å²) in [5.41, 5.74) is 10.6. The van der Waals surface area contributed by atoms with Crippen molar-refractivity contribution in [1.29, 1.82) is 0 Å². The number of ether oxygens (including phenoxy) is 12. The highest BCUT2D eigenvalue weighted by atomic mass is 16.8. The molecule has 0 unspecified atom stereocenters. The normalized spacial score (nSPS) is 38.1. The van der Waals surface area contributed by atoms with Crippen LogP contribution in [0.15, 0.2) is 0 Å². The molecule has 3 amide bonds. The minimum absolute atomic E-state index is 0.0651. The predicted octanol–water partition coefficient (Wildman–Crippen LogP) is -12.0. The van der Waals surface area contributed by atoms with Crippen LogP contribution in [0.5, 0.6) is 0 Å². The molecule has 31 atom stereocenters. The van der Waals surface area contributed by atoms with E-state index in [4.69, 9.17) is 62.6 Å². The lowest BCUT2D eigenvalue weighted by Gasteiger charge is -2.46. The van der Waals surface area contributed by atoms with E-state index < -0.39 is 230 Å². The highest BCUT2D eigenvalue weighted by Crippen LogP contribution is 2.34. The molecule has 6 aliphatic heterocycles. The average molecular weight is 1530 g/mol. The van der Waals surface area contributed by atoms with Gasteiger partial charge in [0.1, 0.15) is 159 Å². The summed E-state index contributed by atoms with van der Waals surface area (Å²) in [5.74, 6) is -0.871. The largest absolute Gasteiger partial charge is 0.394 e. The molecule has 0 aromatic carbocycles. The number of Topliss-reactive ketones (excluding diaryl/α,β-unsaturated/α-hetero) is 1. The van der Waals surface area contributed by atoms with Crippen molar-refractivity contribution in [3.63, 3.8) is 0 Å². The van der Waals surface area contributed by atoms with Gasteiger partial charge in [0.25, 0.3) is 0 Å². The molecule has 6 heterocycles. The van der Waals surface area contributed by atoms with Crippen LogP contribution in [-0.2, 0) is 80.8 Å². The molecule has 6 fully saturated rings. The highest BCUT2D eigenvalue weighted by molar-refractivity contribution is 5.79. The first-order chi connectivity index (χ1) is 50.1. The molecule has 614 valence electrons. The van der Waals surface area contributed by atoms with Crippen LogP contribution in [0.3, 0.4) is 0 Å². The molecule has 0 radical (unpaired) electrons. The van der Waals surface area contributed by atoms with Crippen LogP contribution in [0.25, 0.3) is 0 Å². The summed E-state index contributed by atoms with van der Waals surface area (Å²) in [5, 5.41) is 210. The van der Waals surface area contributed by atoms with Gasteiger partial charge in [-0.05, 0) is 58.4 Å². The summed E-state index contributed by atoms with van der Waals surface area (Å²) in [4.78, 5) is 59.4. The van der Waals surface area contributed by atoms with Gasteiger partial charge < -0.3 is 180 Å². The maximum absolute atomic E-state index is 12.4. The molecule has 0 spiro atoms. The van der Waals surface area contributed by atoms with Crippen LogP contribution < -0.4 is 27.2 Å². The Hall–Kier alpha value is -3.61. The lowest BCUT2D eigenvalue weighted by molar-refractivity contribution is -0.366. The Morgan fingerprint density at radius 3 is 1.15 bits per heavy atom. The minimum atomic E-state index is -1.91. The number of unbranched alkanes of at least 4 members (excludes halogenated alkanes) is 3. The van der Waals surface area contributed by atoms with Crippen molar-refractivity contribution >= 4 is 29.8 Å². The van der Waals surface area contributed by atoms with Gasteiger partial charge in [0, 0.05) is 45.2 Å². The predicted molar refractivity (Wildman–Crippen MR) is 348 cm³/mol. The molecule has 0 aromatic rings. The standard InChI is InChI=1S/C32H58N4O19.C29H51NO18.C2H6/c33-8-4-3-5-15(11-37)35-36-20(41)7-2-1-6-19(40)34-9-10-50-31-28(49)29(55-32-27(48)25(46)22(43)17(13-39)53-32)23(44)18(54-31)14-51-30-26(47)24(45)21(42)16(12-38)52-30;1-2-30-17(34)8-4-3-6-13(33)7-5-9-43-28-25(42)26(48-29-24(41)22(39)19(36)15(11-32)46-29)20(37)16(47-28)12-44-27-23(40)21(38)18(35)14(10-31)45-27;1-2/h11,15-18,21-32,35,38-39,42-49H,1-10,12-14,33H2,(H,34,40)(H,36,41);14-16,18-29,31-32,35-42H,2-12H2,1H3,(H,30,34);1-2H3/t15-,16+,17+,18+,21+,22+,23+,24-,25-,26-,27-,28-,29-,30-,31+,32+;14-,15-,16-,18-,19-,20-,21+,22+,23+,24+,25+,26+,27+,28-,29-;/m01./s1. The third kappa shape index (κ3) is 28.3. The van der Waals surface area contributed by atoms with Crippen LogP contribution in [0.4, 0.5) is 0 Å².